The second kappa shape index (κ2) is 8.47. The number of piperidine rings is 1. The van der Waals surface area contributed by atoms with Crippen LogP contribution in [0.3, 0.4) is 0 Å². The smallest absolute Gasteiger partial charge is 0.326 e. The van der Waals surface area contributed by atoms with Gasteiger partial charge in [0.25, 0.3) is 5.91 Å². The Kier molecular flexibility index (Phi) is 6.35. The summed E-state index contributed by atoms with van der Waals surface area (Å²) in [6.07, 6.45) is 4.41. The second-order valence-electron chi connectivity index (χ2n) is 6.08. The van der Waals surface area contributed by atoms with Gasteiger partial charge in [-0.1, -0.05) is 13.3 Å². The Bertz CT molecular complexity index is 598. The fourth-order valence-electron chi connectivity index (χ4n) is 2.85. The minimum absolute atomic E-state index is 0.0436. The Labute approximate surface area is 141 Å². The van der Waals surface area contributed by atoms with Crippen LogP contribution in [0.1, 0.15) is 55.8 Å². The number of carboxylic acid groups (broad SMARTS) is 1. The molecule has 0 radical (unpaired) electrons. The van der Waals surface area contributed by atoms with E-state index in [9.17, 15) is 19.5 Å². The Morgan fingerprint density at radius 3 is 2.54 bits per heavy atom. The number of nitrogens with one attached hydrogen (secondary N) is 1. The van der Waals surface area contributed by atoms with Crippen molar-refractivity contribution in [2.24, 2.45) is 0 Å². The van der Waals surface area contributed by atoms with Gasteiger partial charge in [0.15, 0.2) is 0 Å². The van der Waals surface area contributed by atoms with Gasteiger partial charge in [-0.25, -0.2) is 4.79 Å². The highest BCUT2D eigenvalue weighted by Crippen LogP contribution is 2.21. The molecule has 2 amide bonds. The van der Waals surface area contributed by atoms with Crippen LogP contribution in [-0.4, -0.2) is 40.4 Å². The Morgan fingerprint density at radius 2 is 1.92 bits per heavy atom. The SMILES string of the molecule is CCCCC(=O)Nc1ccc(C(=O)N2CCCC[C@@H]2C(=O)O)cc1. The third-order valence-electron chi connectivity index (χ3n) is 4.22. The number of hydrogen-bond donors (Lipinski definition) is 2. The predicted octanol–water partition coefficient (Wildman–Crippen LogP) is 2.89. The molecule has 0 aromatic heterocycles. The summed E-state index contributed by atoms with van der Waals surface area (Å²) in [5.41, 5.74) is 1.08. The minimum Gasteiger partial charge on any atom is -0.480 e. The number of carboxylic acids is 1. The highest BCUT2D eigenvalue weighted by atomic mass is 16.4. The molecule has 6 heteroatoms. The zero-order chi connectivity index (χ0) is 17.5. The normalized spacial score (nSPS) is 17.4. The number of carbonyl (C=O) groups is 3. The summed E-state index contributed by atoms with van der Waals surface area (Å²) in [5, 5.41) is 12.1. The van der Waals surface area contributed by atoms with Crippen molar-refractivity contribution in [1.29, 1.82) is 0 Å². The number of aliphatic carboxylic acids is 1. The van der Waals surface area contributed by atoms with Crippen LogP contribution in [-0.2, 0) is 9.59 Å². The van der Waals surface area contributed by atoms with E-state index < -0.39 is 12.0 Å². The molecule has 1 saturated heterocycles. The predicted molar refractivity (Wildman–Crippen MR) is 90.9 cm³/mol. The summed E-state index contributed by atoms with van der Waals surface area (Å²) in [7, 11) is 0. The average Bonchev–Trinajstić information content (AvgIpc) is 2.60. The maximum absolute atomic E-state index is 12.6. The summed E-state index contributed by atoms with van der Waals surface area (Å²) >= 11 is 0. The molecule has 1 aliphatic heterocycles. The number of likely N-dealkylation sites (tertiary alicyclic amines) is 1. The van der Waals surface area contributed by atoms with Crippen LogP contribution in [0.25, 0.3) is 0 Å². The maximum atomic E-state index is 12.6. The van der Waals surface area contributed by atoms with Crippen molar-refractivity contribution >= 4 is 23.5 Å². The monoisotopic (exact) mass is 332 g/mol. The van der Waals surface area contributed by atoms with Gasteiger partial charge >= 0.3 is 5.97 Å². The molecular formula is C18H24N2O4. The first kappa shape index (κ1) is 18.0. The minimum atomic E-state index is -0.956. The Morgan fingerprint density at radius 1 is 1.21 bits per heavy atom. The molecule has 1 aromatic carbocycles. The summed E-state index contributed by atoms with van der Waals surface area (Å²) in [6.45, 7) is 2.49. The van der Waals surface area contributed by atoms with E-state index >= 15 is 0 Å². The topological polar surface area (TPSA) is 86.7 Å². The molecule has 6 nitrogen and oxygen atoms in total. The first-order chi connectivity index (χ1) is 11.5. The third-order valence-corrected chi connectivity index (χ3v) is 4.22. The van der Waals surface area contributed by atoms with E-state index in [0.29, 0.717) is 30.6 Å². The molecule has 1 heterocycles. The quantitative estimate of drug-likeness (QED) is 0.838. The maximum Gasteiger partial charge on any atom is 0.326 e. The highest BCUT2D eigenvalue weighted by Gasteiger charge is 2.32. The van der Waals surface area contributed by atoms with Crippen molar-refractivity contribution in [3.63, 3.8) is 0 Å². The summed E-state index contributed by atoms with van der Waals surface area (Å²) in [5.74, 6) is -1.27. The van der Waals surface area contributed by atoms with Crippen molar-refractivity contribution in [1.82, 2.24) is 4.90 Å². The van der Waals surface area contributed by atoms with Crippen molar-refractivity contribution in [3.8, 4) is 0 Å². The molecule has 2 rings (SSSR count). The van der Waals surface area contributed by atoms with Crippen LogP contribution in [0.5, 0.6) is 0 Å². The second-order valence-corrected chi connectivity index (χ2v) is 6.08. The molecule has 0 spiro atoms. The van der Waals surface area contributed by atoms with Crippen molar-refractivity contribution in [2.45, 2.75) is 51.5 Å². The number of unbranched alkanes of at least 4 members (excludes halogenated alkanes) is 1. The Hall–Kier alpha value is -2.37. The van der Waals surface area contributed by atoms with Crippen molar-refractivity contribution < 1.29 is 19.5 Å². The Balaban J connectivity index is 2.02. The lowest BCUT2D eigenvalue weighted by molar-refractivity contribution is -0.143. The van der Waals surface area contributed by atoms with E-state index in [-0.39, 0.29) is 11.8 Å². The fraction of sp³-hybridized carbons (Fsp3) is 0.500. The van der Waals surface area contributed by atoms with Gasteiger partial charge in [0.1, 0.15) is 6.04 Å². The van der Waals surface area contributed by atoms with Gasteiger partial charge < -0.3 is 15.3 Å². The van der Waals surface area contributed by atoms with E-state index in [4.69, 9.17) is 0 Å². The van der Waals surface area contributed by atoms with Crippen LogP contribution in [0.4, 0.5) is 5.69 Å². The number of anilines is 1. The summed E-state index contributed by atoms with van der Waals surface area (Å²) < 4.78 is 0. The molecule has 24 heavy (non-hydrogen) atoms. The number of rotatable bonds is 6. The number of benzene rings is 1. The van der Waals surface area contributed by atoms with E-state index in [1.165, 1.54) is 4.90 Å². The van der Waals surface area contributed by atoms with Gasteiger partial charge in [0.05, 0.1) is 0 Å². The average molecular weight is 332 g/mol. The van der Waals surface area contributed by atoms with Gasteiger partial charge in [0, 0.05) is 24.2 Å². The molecule has 130 valence electrons. The molecule has 1 aliphatic rings. The van der Waals surface area contributed by atoms with E-state index in [1.807, 2.05) is 6.92 Å². The van der Waals surface area contributed by atoms with Crippen molar-refractivity contribution in [2.75, 3.05) is 11.9 Å². The van der Waals surface area contributed by atoms with Crippen molar-refractivity contribution in [3.05, 3.63) is 29.8 Å². The van der Waals surface area contributed by atoms with Gasteiger partial charge in [-0.05, 0) is 49.9 Å². The molecule has 0 unspecified atom stereocenters. The molecule has 2 N–H and O–H groups in total. The number of nitrogens with zero attached hydrogens (tertiary/aromatic N) is 1. The third kappa shape index (κ3) is 4.57. The largest absolute Gasteiger partial charge is 0.480 e. The zero-order valence-corrected chi connectivity index (χ0v) is 14.0. The van der Waals surface area contributed by atoms with E-state index in [0.717, 1.165) is 25.7 Å². The number of hydrogen-bond acceptors (Lipinski definition) is 3. The van der Waals surface area contributed by atoms with E-state index in [2.05, 4.69) is 5.32 Å². The van der Waals surface area contributed by atoms with Crippen LogP contribution in [0, 0.1) is 0 Å². The highest BCUT2D eigenvalue weighted by molar-refractivity contribution is 5.97. The molecule has 0 aliphatic carbocycles. The van der Waals surface area contributed by atoms with Crippen LogP contribution >= 0.6 is 0 Å². The molecule has 1 atom stereocenters. The fourth-order valence-corrected chi connectivity index (χ4v) is 2.85. The van der Waals surface area contributed by atoms with Gasteiger partial charge in [-0.2, -0.15) is 0 Å². The standard InChI is InChI=1S/C18H24N2O4/c1-2-3-7-16(21)19-14-10-8-13(9-11-14)17(22)20-12-5-4-6-15(20)18(23)24/h8-11,15H,2-7,12H2,1H3,(H,19,21)(H,23,24)/t15-/m1/s1. The first-order valence-corrected chi connectivity index (χ1v) is 8.46. The van der Waals surface area contributed by atoms with E-state index in [1.54, 1.807) is 24.3 Å². The summed E-state index contributed by atoms with van der Waals surface area (Å²) in [6, 6.07) is 5.86. The molecule has 0 saturated carbocycles. The zero-order valence-electron chi connectivity index (χ0n) is 14.0. The van der Waals surface area contributed by atoms with Crippen LogP contribution < -0.4 is 5.32 Å². The molecule has 0 bridgehead atoms. The van der Waals surface area contributed by atoms with Crippen LogP contribution in [0.2, 0.25) is 0 Å². The lowest BCUT2D eigenvalue weighted by Crippen LogP contribution is -2.47. The lowest BCUT2D eigenvalue weighted by atomic mass is 10.0. The summed E-state index contributed by atoms with van der Waals surface area (Å²) in [4.78, 5) is 37.0. The number of carbonyl (C=O) groups excluding carboxylic acids is 2. The lowest BCUT2D eigenvalue weighted by Gasteiger charge is -2.33. The molecular weight excluding hydrogens is 308 g/mol. The van der Waals surface area contributed by atoms with Crippen LogP contribution in [0.15, 0.2) is 24.3 Å². The first-order valence-electron chi connectivity index (χ1n) is 8.46. The number of amides is 2. The van der Waals surface area contributed by atoms with Gasteiger partial charge in [-0.15, -0.1) is 0 Å². The van der Waals surface area contributed by atoms with Gasteiger partial charge in [-0.3, -0.25) is 9.59 Å². The molecule has 1 fully saturated rings. The molecule has 1 aromatic rings. The van der Waals surface area contributed by atoms with Gasteiger partial charge in [0.2, 0.25) is 5.91 Å².